The lowest BCUT2D eigenvalue weighted by Crippen LogP contribution is -2.23. The summed E-state index contributed by atoms with van der Waals surface area (Å²) in [6.07, 6.45) is 1.93. The van der Waals surface area contributed by atoms with Gasteiger partial charge in [-0.15, -0.1) is 0 Å². The third-order valence-corrected chi connectivity index (χ3v) is 2.13. The number of rotatable bonds is 5. The van der Waals surface area contributed by atoms with Crippen molar-refractivity contribution in [1.82, 2.24) is 0 Å². The van der Waals surface area contributed by atoms with Crippen molar-refractivity contribution in [3.8, 4) is 5.75 Å². The van der Waals surface area contributed by atoms with Crippen LogP contribution in [0.25, 0.3) is 0 Å². The Balaban J connectivity index is 2.72. The van der Waals surface area contributed by atoms with Crippen LogP contribution in [-0.4, -0.2) is 25.3 Å². The molecule has 87 valence electrons. The minimum atomic E-state index is -4.50. The summed E-state index contributed by atoms with van der Waals surface area (Å²) in [5, 5.41) is 0. The van der Waals surface area contributed by atoms with Crippen molar-refractivity contribution >= 4 is 16.7 Å². The number of benzene rings is 1. The molecule has 0 aliphatic carbocycles. The van der Waals surface area contributed by atoms with Gasteiger partial charge in [0.25, 0.3) is 0 Å². The smallest absolute Gasteiger partial charge is 0.362 e. The first kappa shape index (κ1) is 12.6. The molecule has 0 aliphatic rings. The van der Waals surface area contributed by atoms with Crippen molar-refractivity contribution in [3.63, 3.8) is 0 Å². The van der Waals surface area contributed by atoms with Gasteiger partial charge in [0.05, 0.1) is 6.04 Å². The van der Waals surface area contributed by atoms with Crippen LogP contribution >= 0.6 is 0 Å². The van der Waals surface area contributed by atoms with E-state index in [-0.39, 0.29) is 5.75 Å². The Labute approximate surface area is 93.0 Å². The maximum absolute atomic E-state index is 10.4. The topological polar surface area (TPSA) is 107 Å². The van der Waals surface area contributed by atoms with Crippen LogP contribution < -0.4 is 9.92 Å². The van der Waals surface area contributed by atoms with Gasteiger partial charge in [0.2, 0.25) is 6.29 Å². The fraction of sp³-hybridized carbons (Fsp3) is 0.222. The molecule has 0 spiro atoms. The summed E-state index contributed by atoms with van der Waals surface area (Å²) in [5.41, 5.74) is 6.09. The van der Waals surface area contributed by atoms with Crippen molar-refractivity contribution in [2.75, 3.05) is 0 Å². The van der Waals surface area contributed by atoms with Crippen LogP contribution in [0.2, 0.25) is 0 Å². The van der Waals surface area contributed by atoms with Crippen LogP contribution in [0, 0.1) is 0 Å². The summed E-state index contributed by atoms with van der Waals surface area (Å²) in [6.45, 7) is 0. The highest BCUT2D eigenvalue weighted by Gasteiger charge is 2.07. The minimum Gasteiger partial charge on any atom is -0.362 e. The summed E-state index contributed by atoms with van der Waals surface area (Å²) < 4.78 is 33.4. The lowest BCUT2D eigenvalue weighted by atomic mass is 10.1. The predicted molar refractivity (Wildman–Crippen MR) is 56.0 cm³/mol. The van der Waals surface area contributed by atoms with Gasteiger partial charge in [-0.3, -0.25) is 9.35 Å². The van der Waals surface area contributed by atoms with Crippen molar-refractivity contribution < 1.29 is 21.9 Å². The summed E-state index contributed by atoms with van der Waals surface area (Å²) in [6, 6.07) is 5.06. The van der Waals surface area contributed by atoms with E-state index in [2.05, 4.69) is 4.18 Å². The number of hydrogen-bond acceptors (Lipinski definition) is 5. The zero-order chi connectivity index (χ0) is 12.2. The molecule has 1 atom stereocenters. The zero-order valence-corrected chi connectivity index (χ0v) is 8.98. The summed E-state index contributed by atoms with van der Waals surface area (Å²) >= 11 is 0. The summed E-state index contributed by atoms with van der Waals surface area (Å²) in [4.78, 5) is 10.2. The fourth-order valence-electron chi connectivity index (χ4n) is 1.10. The molecule has 0 aliphatic heterocycles. The van der Waals surface area contributed by atoms with E-state index in [0.717, 1.165) is 5.56 Å². The zero-order valence-electron chi connectivity index (χ0n) is 8.16. The highest BCUT2D eigenvalue weighted by molar-refractivity contribution is 7.81. The molecule has 0 saturated carbocycles. The third-order valence-electron chi connectivity index (χ3n) is 1.73. The average Bonchev–Trinajstić information content (AvgIpc) is 2.18. The molecule has 1 rings (SSSR count). The van der Waals surface area contributed by atoms with Gasteiger partial charge in [0.1, 0.15) is 5.75 Å². The second-order valence-electron chi connectivity index (χ2n) is 3.08. The molecule has 0 bridgehead atoms. The van der Waals surface area contributed by atoms with E-state index >= 15 is 0 Å². The largest absolute Gasteiger partial charge is 0.446 e. The lowest BCUT2D eigenvalue weighted by Gasteiger charge is -2.05. The summed E-state index contributed by atoms with van der Waals surface area (Å²) in [7, 11) is -4.50. The monoisotopic (exact) mass is 244 g/mol. The van der Waals surface area contributed by atoms with E-state index < -0.39 is 16.4 Å². The predicted octanol–water partition coefficient (Wildman–Crippen LogP) is -0.152. The molecular formula is C9H10NO5S. The molecule has 0 heterocycles. The standard InChI is InChI=1S/C9H10NO5S/c10-8(6-11)5-7-1-3-9(4-2-7)15-16(12,13)14/h1-4,8H,5,10H2,(H,12,13,14)/t8-/m0/s1. The van der Waals surface area contributed by atoms with Crippen LogP contribution in [0.1, 0.15) is 5.56 Å². The van der Waals surface area contributed by atoms with E-state index in [1.54, 1.807) is 6.29 Å². The van der Waals surface area contributed by atoms with Gasteiger partial charge in [-0.05, 0) is 24.1 Å². The molecule has 6 nitrogen and oxygen atoms in total. The third kappa shape index (κ3) is 4.39. The second-order valence-corrected chi connectivity index (χ2v) is 4.11. The Kier molecular flexibility index (Phi) is 3.99. The first-order valence-corrected chi connectivity index (χ1v) is 5.66. The lowest BCUT2D eigenvalue weighted by molar-refractivity contribution is 0.387. The van der Waals surface area contributed by atoms with Crippen molar-refractivity contribution in [1.29, 1.82) is 0 Å². The molecule has 1 aromatic rings. The van der Waals surface area contributed by atoms with E-state index in [9.17, 15) is 13.2 Å². The van der Waals surface area contributed by atoms with Crippen LogP contribution in [0.15, 0.2) is 24.3 Å². The van der Waals surface area contributed by atoms with Crippen LogP contribution in [0.5, 0.6) is 5.75 Å². The van der Waals surface area contributed by atoms with Gasteiger partial charge in [-0.1, -0.05) is 12.1 Å². The van der Waals surface area contributed by atoms with Crippen molar-refractivity contribution in [2.45, 2.75) is 12.5 Å². The Hall–Kier alpha value is -1.44. The molecular weight excluding hydrogens is 234 g/mol. The Bertz CT molecular complexity index is 453. The van der Waals surface area contributed by atoms with Gasteiger partial charge >= 0.3 is 10.4 Å². The van der Waals surface area contributed by atoms with Gasteiger partial charge in [0, 0.05) is 0 Å². The maximum Gasteiger partial charge on any atom is 0.446 e. The molecule has 1 radical (unpaired) electrons. The van der Waals surface area contributed by atoms with Crippen molar-refractivity contribution in [2.24, 2.45) is 5.73 Å². The quantitative estimate of drug-likeness (QED) is 0.697. The molecule has 0 fully saturated rings. The van der Waals surface area contributed by atoms with E-state index in [1.165, 1.54) is 24.3 Å². The number of nitrogens with two attached hydrogens (primary N) is 1. The average molecular weight is 244 g/mol. The van der Waals surface area contributed by atoms with Gasteiger partial charge < -0.3 is 9.92 Å². The van der Waals surface area contributed by atoms with Crippen LogP contribution in [-0.2, 0) is 21.6 Å². The molecule has 16 heavy (non-hydrogen) atoms. The minimum absolute atomic E-state index is 0.0186. The first-order chi connectivity index (χ1) is 7.40. The highest BCUT2D eigenvalue weighted by atomic mass is 32.3. The molecule has 1 aromatic carbocycles. The van der Waals surface area contributed by atoms with Crippen LogP contribution in [0.4, 0.5) is 0 Å². The maximum atomic E-state index is 10.4. The molecule has 3 N–H and O–H groups in total. The molecule has 0 saturated heterocycles. The molecule has 7 heteroatoms. The van der Waals surface area contributed by atoms with Gasteiger partial charge in [-0.2, -0.15) is 8.42 Å². The molecule has 0 amide bonds. The van der Waals surface area contributed by atoms with Crippen LogP contribution in [0.3, 0.4) is 0 Å². The number of hydrogen-bond donors (Lipinski definition) is 2. The van der Waals surface area contributed by atoms with E-state index in [0.29, 0.717) is 6.42 Å². The molecule has 0 aromatic heterocycles. The summed E-state index contributed by atoms with van der Waals surface area (Å²) in [5.74, 6) is -0.0186. The normalized spacial score (nSPS) is 13.1. The van der Waals surface area contributed by atoms with Crippen molar-refractivity contribution in [3.05, 3.63) is 29.8 Å². The van der Waals surface area contributed by atoms with E-state index in [4.69, 9.17) is 10.3 Å². The Morgan fingerprint density at radius 3 is 2.38 bits per heavy atom. The number of carbonyl (C=O) groups excluding carboxylic acids is 1. The first-order valence-electron chi connectivity index (χ1n) is 4.30. The Morgan fingerprint density at radius 1 is 1.38 bits per heavy atom. The van der Waals surface area contributed by atoms with E-state index in [1.807, 2.05) is 0 Å². The fourth-order valence-corrected chi connectivity index (χ4v) is 1.45. The second kappa shape index (κ2) is 5.06. The molecule has 0 unspecified atom stereocenters. The Morgan fingerprint density at radius 2 is 1.94 bits per heavy atom. The van der Waals surface area contributed by atoms with Gasteiger partial charge in [-0.25, -0.2) is 0 Å². The van der Waals surface area contributed by atoms with Gasteiger partial charge in [0.15, 0.2) is 0 Å². The SMILES string of the molecule is N[C@H]([C]=O)Cc1ccc(OS(=O)(=O)O)cc1. The highest BCUT2D eigenvalue weighted by Crippen LogP contribution is 2.14.